The lowest BCUT2D eigenvalue weighted by atomic mass is 10.2. The lowest BCUT2D eigenvalue weighted by Gasteiger charge is -2.14. The van der Waals surface area contributed by atoms with E-state index < -0.39 is 22.0 Å². The van der Waals surface area contributed by atoms with Gasteiger partial charge in [0.05, 0.1) is 4.90 Å². The van der Waals surface area contributed by atoms with Gasteiger partial charge in [0.25, 0.3) is 0 Å². The Labute approximate surface area is 116 Å². The molecule has 0 aliphatic heterocycles. The number of rotatable bonds is 5. The van der Waals surface area contributed by atoms with Gasteiger partial charge in [0, 0.05) is 23.2 Å². The lowest BCUT2D eigenvalue weighted by molar-refractivity contribution is -0.139. The van der Waals surface area contributed by atoms with Crippen LogP contribution in [-0.2, 0) is 14.8 Å². The summed E-state index contributed by atoms with van der Waals surface area (Å²) in [6.45, 7) is 1.61. The number of aliphatic carboxylic acids is 1. The number of nitrogens with one attached hydrogen (secondary N) is 1. The molecule has 20 heavy (non-hydrogen) atoms. The van der Waals surface area contributed by atoms with Gasteiger partial charge >= 0.3 is 5.97 Å². The second-order valence-corrected chi connectivity index (χ2v) is 5.96. The quantitative estimate of drug-likeness (QED) is 0.868. The summed E-state index contributed by atoms with van der Waals surface area (Å²) in [4.78, 5) is 15.0. The highest BCUT2D eigenvalue weighted by atomic mass is 32.2. The van der Waals surface area contributed by atoms with E-state index in [4.69, 9.17) is 5.11 Å². The second-order valence-electron chi connectivity index (χ2n) is 4.27. The summed E-state index contributed by atoms with van der Waals surface area (Å²) in [6, 6.07) is 5.23. The standard InChI is InChI=1S/C13H14N2O4S/c1-2-11(13(16)17)15-20(18,19)12-5-3-4-9-8-14-7-6-10(9)12/h3-8,11,15H,2H2,1H3,(H,16,17)/t11-/m0/s1. The second kappa shape index (κ2) is 5.56. The molecule has 2 rings (SSSR count). The molecule has 1 heterocycles. The van der Waals surface area contributed by atoms with Gasteiger partial charge in [-0.25, -0.2) is 8.42 Å². The highest BCUT2D eigenvalue weighted by molar-refractivity contribution is 7.89. The number of sulfonamides is 1. The zero-order chi connectivity index (χ0) is 14.8. The van der Waals surface area contributed by atoms with Gasteiger partial charge in [-0.1, -0.05) is 19.1 Å². The summed E-state index contributed by atoms with van der Waals surface area (Å²) in [5, 5.41) is 10.1. The van der Waals surface area contributed by atoms with Crippen molar-refractivity contribution in [1.82, 2.24) is 9.71 Å². The number of aromatic nitrogens is 1. The molecule has 1 atom stereocenters. The van der Waals surface area contributed by atoms with Crippen LogP contribution in [0.5, 0.6) is 0 Å². The largest absolute Gasteiger partial charge is 0.480 e. The fourth-order valence-corrected chi connectivity index (χ4v) is 3.39. The summed E-state index contributed by atoms with van der Waals surface area (Å²) < 4.78 is 26.9. The summed E-state index contributed by atoms with van der Waals surface area (Å²) >= 11 is 0. The molecular formula is C13H14N2O4S. The minimum Gasteiger partial charge on any atom is -0.480 e. The third-order valence-corrected chi connectivity index (χ3v) is 4.46. The number of hydrogen-bond donors (Lipinski definition) is 2. The Morgan fingerprint density at radius 3 is 2.80 bits per heavy atom. The molecule has 0 aliphatic carbocycles. The average molecular weight is 294 g/mol. The molecule has 106 valence electrons. The van der Waals surface area contributed by atoms with Crippen LogP contribution in [0, 0.1) is 0 Å². The van der Waals surface area contributed by atoms with Crippen LogP contribution in [0.2, 0.25) is 0 Å². The molecule has 0 saturated carbocycles. The monoisotopic (exact) mass is 294 g/mol. The van der Waals surface area contributed by atoms with Crippen LogP contribution in [0.25, 0.3) is 10.8 Å². The molecule has 0 aliphatic rings. The summed E-state index contributed by atoms with van der Waals surface area (Å²) in [7, 11) is -3.90. The van der Waals surface area contributed by atoms with Gasteiger partial charge in [-0.15, -0.1) is 0 Å². The van der Waals surface area contributed by atoms with Gasteiger partial charge in [-0.2, -0.15) is 4.72 Å². The zero-order valence-corrected chi connectivity index (χ0v) is 11.6. The molecule has 0 amide bonds. The van der Waals surface area contributed by atoms with E-state index in [1.807, 2.05) is 0 Å². The van der Waals surface area contributed by atoms with Gasteiger partial charge < -0.3 is 5.11 Å². The zero-order valence-electron chi connectivity index (χ0n) is 10.8. The van der Waals surface area contributed by atoms with E-state index >= 15 is 0 Å². The molecule has 6 nitrogen and oxygen atoms in total. The van der Waals surface area contributed by atoms with Crippen LogP contribution in [-0.4, -0.2) is 30.5 Å². The number of pyridine rings is 1. The summed E-state index contributed by atoms with van der Waals surface area (Å²) in [5.74, 6) is -1.20. The third kappa shape index (κ3) is 2.78. The van der Waals surface area contributed by atoms with Crippen LogP contribution in [0.4, 0.5) is 0 Å². The number of carbonyl (C=O) groups is 1. The number of nitrogens with zero attached hydrogens (tertiary/aromatic N) is 1. The SMILES string of the molecule is CC[C@H](NS(=O)(=O)c1cccc2cnccc12)C(=O)O. The van der Waals surface area contributed by atoms with Crippen LogP contribution in [0.1, 0.15) is 13.3 Å². The molecule has 0 unspecified atom stereocenters. The smallest absolute Gasteiger partial charge is 0.321 e. The Bertz CT molecular complexity index is 738. The van der Waals surface area contributed by atoms with Crippen molar-refractivity contribution in [3.05, 3.63) is 36.7 Å². The molecule has 0 bridgehead atoms. The van der Waals surface area contributed by atoms with Crippen LogP contribution in [0.15, 0.2) is 41.6 Å². The van der Waals surface area contributed by atoms with E-state index in [1.165, 1.54) is 12.3 Å². The maximum Gasteiger partial charge on any atom is 0.321 e. The van der Waals surface area contributed by atoms with Crippen molar-refractivity contribution in [2.75, 3.05) is 0 Å². The van der Waals surface area contributed by atoms with Crippen LogP contribution >= 0.6 is 0 Å². The number of benzene rings is 1. The molecule has 0 radical (unpaired) electrons. The Balaban J connectivity index is 2.50. The molecule has 1 aromatic heterocycles. The molecule has 0 spiro atoms. The Morgan fingerprint density at radius 2 is 2.15 bits per heavy atom. The molecule has 2 N–H and O–H groups in total. The summed E-state index contributed by atoms with van der Waals surface area (Å²) in [5.41, 5.74) is 0. The molecule has 2 aromatic rings. The van der Waals surface area contributed by atoms with Crippen molar-refractivity contribution in [2.24, 2.45) is 0 Å². The highest BCUT2D eigenvalue weighted by Gasteiger charge is 2.25. The van der Waals surface area contributed by atoms with E-state index in [0.717, 1.165) is 0 Å². The summed E-state index contributed by atoms with van der Waals surface area (Å²) in [6.07, 6.45) is 3.22. The fourth-order valence-electron chi connectivity index (χ4n) is 1.89. The Morgan fingerprint density at radius 1 is 1.40 bits per heavy atom. The molecule has 7 heteroatoms. The molecule has 0 fully saturated rings. The van der Waals surface area contributed by atoms with Crippen molar-refractivity contribution in [3.8, 4) is 0 Å². The average Bonchev–Trinajstić information content (AvgIpc) is 2.43. The topological polar surface area (TPSA) is 96.4 Å². The number of carboxylic acids is 1. The molecular weight excluding hydrogens is 280 g/mol. The van der Waals surface area contributed by atoms with Gasteiger partial charge in [0.1, 0.15) is 6.04 Å². The Hall–Kier alpha value is -1.99. The van der Waals surface area contributed by atoms with E-state index in [2.05, 4.69) is 9.71 Å². The first kappa shape index (κ1) is 14.4. The van der Waals surface area contributed by atoms with Crippen molar-refractivity contribution in [1.29, 1.82) is 0 Å². The van der Waals surface area contributed by atoms with E-state index in [9.17, 15) is 13.2 Å². The number of hydrogen-bond acceptors (Lipinski definition) is 4. The van der Waals surface area contributed by atoms with Gasteiger partial charge in [0.2, 0.25) is 10.0 Å². The van der Waals surface area contributed by atoms with Crippen molar-refractivity contribution < 1.29 is 18.3 Å². The van der Waals surface area contributed by atoms with Crippen LogP contribution in [0.3, 0.4) is 0 Å². The first-order chi connectivity index (χ1) is 9.45. The van der Waals surface area contributed by atoms with Gasteiger partial charge in [-0.3, -0.25) is 9.78 Å². The molecule has 1 aromatic carbocycles. The normalized spacial score (nSPS) is 13.2. The first-order valence-corrected chi connectivity index (χ1v) is 7.52. The fraction of sp³-hybridized carbons (Fsp3) is 0.231. The van der Waals surface area contributed by atoms with E-state index in [-0.39, 0.29) is 11.3 Å². The maximum atomic E-state index is 12.3. The van der Waals surface area contributed by atoms with Gasteiger partial charge in [-0.05, 0) is 18.6 Å². The highest BCUT2D eigenvalue weighted by Crippen LogP contribution is 2.22. The molecule has 0 saturated heterocycles. The maximum absolute atomic E-state index is 12.3. The van der Waals surface area contributed by atoms with Crippen molar-refractivity contribution in [2.45, 2.75) is 24.3 Å². The van der Waals surface area contributed by atoms with Crippen molar-refractivity contribution >= 4 is 26.8 Å². The first-order valence-electron chi connectivity index (χ1n) is 6.03. The van der Waals surface area contributed by atoms with E-state index in [1.54, 1.807) is 31.3 Å². The van der Waals surface area contributed by atoms with Crippen molar-refractivity contribution in [3.63, 3.8) is 0 Å². The third-order valence-electron chi connectivity index (χ3n) is 2.93. The van der Waals surface area contributed by atoms with Gasteiger partial charge in [0.15, 0.2) is 0 Å². The number of carboxylic acid groups (broad SMARTS) is 1. The predicted octanol–water partition coefficient (Wildman–Crippen LogP) is 1.38. The minimum absolute atomic E-state index is 0.0529. The van der Waals surface area contributed by atoms with E-state index in [0.29, 0.717) is 10.8 Å². The lowest BCUT2D eigenvalue weighted by Crippen LogP contribution is -2.40. The number of fused-ring (bicyclic) bond motifs is 1. The predicted molar refractivity (Wildman–Crippen MR) is 73.8 cm³/mol. The Kier molecular flexibility index (Phi) is 4.01. The minimum atomic E-state index is -3.90. The van der Waals surface area contributed by atoms with Crippen LogP contribution < -0.4 is 4.72 Å².